The predicted molar refractivity (Wildman–Crippen MR) is 135 cm³/mol. The van der Waals surface area contributed by atoms with Crippen LogP contribution < -0.4 is 0 Å². The average Bonchev–Trinajstić information content (AvgIpc) is 3.24. The number of benzene rings is 3. The Kier molecular flexibility index (Phi) is 6.47. The van der Waals surface area contributed by atoms with E-state index < -0.39 is 14.8 Å². The number of hydrogen-bond acceptors (Lipinski definition) is 4. The molecule has 0 saturated heterocycles. The Morgan fingerprint density at radius 3 is 1.85 bits per heavy atom. The molecule has 0 spiro atoms. The van der Waals surface area contributed by atoms with Crippen molar-refractivity contribution in [2.24, 2.45) is 0 Å². The standard InChI is InChI=1S/C24H17Cl4NO3S/c1-33(31,18-7-2-15(25)3-8-18,19-9-4-16(26)5-10-19)14-23(30)24-13-22(29-32-24)20-11-6-17(27)12-21(20)28/h2-13H,14H2,1H3. The number of aromatic nitrogens is 1. The highest BCUT2D eigenvalue weighted by Crippen LogP contribution is 2.42. The Bertz CT molecular complexity index is 1360. The summed E-state index contributed by atoms with van der Waals surface area (Å²) in [7, 11) is -3.92. The topological polar surface area (TPSA) is 60.2 Å². The van der Waals surface area contributed by atoms with Crippen molar-refractivity contribution in [2.75, 3.05) is 12.0 Å². The van der Waals surface area contributed by atoms with E-state index in [0.717, 1.165) is 0 Å². The van der Waals surface area contributed by atoms with Gasteiger partial charge in [-0.1, -0.05) is 51.6 Å². The van der Waals surface area contributed by atoms with Crippen molar-refractivity contribution in [1.82, 2.24) is 5.16 Å². The molecule has 4 aromatic rings. The summed E-state index contributed by atoms with van der Waals surface area (Å²) in [4.78, 5) is 14.3. The second-order valence-corrected chi connectivity index (χ2v) is 13.7. The zero-order valence-corrected chi connectivity index (χ0v) is 21.1. The molecule has 0 N–H and O–H groups in total. The van der Waals surface area contributed by atoms with Gasteiger partial charge >= 0.3 is 0 Å². The summed E-state index contributed by atoms with van der Waals surface area (Å²) >= 11 is 24.3. The van der Waals surface area contributed by atoms with Gasteiger partial charge in [0.25, 0.3) is 0 Å². The van der Waals surface area contributed by atoms with E-state index in [1.165, 1.54) is 6.07 Å². The minimum absolute atomic E-state index is 0.0281. The smallest absolute Gasteiger partial charge is 0.212 e. The van der Waals surface area contributed by atoms with Crippen LogP contribution in [0.4, 0.5) is 0 Å². The molecule has 3 aromatic carbocycles. The van der Waals surface area contributed by atoms with Crippen molar-refractivity contribution >= 4 is 61.3 Å². The van der Waals surface area contributed by atoms with Crippen molar-refractivity contribution in [2.45, 2.75) is 9.79 Å². The largest absolute Gasteiger partial charge is 0.352 e. The molecule has 0 aliphatic rings. The molecule has 33 heavy (non-hydrogen) atoms. The summed E-state index contributed by atoms with van der Waals surface area (Å²) in [5.74, 6) is -0.827. The Hall–Kier alpha value is -2.15. The van der Waals surface area contributed by atoms with Gasteiger partial charge in [0.1, 0.15) is 5.69 Å². The van der Waals surface area contributed by atoms with E-state index >= 15 is 0 Å². The Balaban J connectivity index is 1.75. The SMILES string of the molecule is CS(=O)(CC(=O)c1cc(-c2ccc(Cl)cc2Cl)no1)(c1ccc(Cl)cc1)c1ccc(Cl)cc1. The van der Waals surface area contributed by atoms with Gasteiger partial charge in [-0.25, -0.2) is 0 Å². The molecule has 9 heteroatoms. The minimum atomic E-state index is -3.92. The Morgan fingerprint density at radius 1 is 0.818 bits per heavy atom. The number of carbonyl (C=O) groups excluding carboxylic acids is 1. The fourth-order valence-electron chi connectivity index (χ4n) is 3.50. The molecular formula is C24H17Cl4NO3S. The lowest BCUT2D eigenvalue weighted by Crippen LogP contribution is -2.39. The van der Waals surface area contributed by atoms with E-state index in [0.29, 0.717) is 41.1 Å². The maximum Gasteiger partial charge on any atom is 0.212 e. The van der Waals surface area contributed by atoms with E-state index in [1.807, 2.05) is 0 Å². The van der Waals surface area contributed by atoms with Crippen LogP contribution in [0.25, 0.3) is 11.3 Å². The van der Waals surface area contributed by atoms with Crippen molar-refractivity contribution < 1.29 is 13.5 Å². The maximum atomic E-state index is 14.8. The van der Waals surface area contributed by atoms with E-state index in [2.05, 4.69) is 5.16 Å². The van der Waals surface area contributed by atoms with Gasteiger partial charge in [0.05, 0.1) is 10.8 Å². The number of Topliss-reactive ketones (excluding diaryl/α,β-unsaturated/α-hetero) is 1. The highest BCUT2D eigenvalue weighted by Gasteiger charge is 2.39. The number of hydrogen-bond donors (Lipinski definition) is 0. The molecule has 0 saturated carbocycles. The van der Waals surface area contributed by atoms with Gasteiger partial charge in [0.15, 0.2) is 0 Å². The molecule has 0 radical (unpaired) electrons. The maximum absolute atomic E-state index is 14.8. The van der Waals surface area contributed by atoms with Crippen LogP contribution in [0.5, 0.6) is 0 Å². The molecule has 1 heterocycles. The zero-order valence-electron chi connectivity index (χ0n) is 17.2. The molecule has 1 aromatic heterocycles. The van der Waals surface area contributed by atoms with Crippen molar-refractivity contribution in [1.29, 1.82) is 0 Å². The minimum Gasteiger partial charge on any atom is -0.352 e. The zero-order chi connectivity index (χ0) is 23.8. The summed E-state index contributed by atoms with van der Waals surface area (Å²) in [6, 6.07) is 19.6. The first-order valence-corrected chi connectivity index (χ1v) is 13.7. The van der Waals surface area contributed by atoms with Crippen LogP contribution in [0, 0.1) is 0 Å². The summed E-state index contributed by atoms with van der Waals surface area (Å²) in [5, 5.41) is 5.81. The van der Waals surface area contributed by atoms with Gasteiger partial charge in [0, 0.05) is 42.7 Å². The van der Waals surface area contributed by atoms with Crippen LogP contribution in [-0.2, 0) is 9.07 Å². The first-order valence-electron chi connectivity index (χ1n) is 9.65. The number of nitrogens with zero attached hydrogens (tertiary/aromatic N) is 1. The van der Waals surface area contributed by atoms with E-state index in [1.54, 1.807) is 73.0 Å². The summed E-state index contributed by atoms with van der Waals surface area (Å²) in [6.07, 6.45) is 1.58. The van der Waals surface area contributed by atoms with E-state index in [9.17, 15) is 9.00 Å². The highest BCUT2D eigenvalue weighted by atomic mass is 35.5. The highest BCUT2D eigenvalue weighted by molar-refractivity contribution is 8.20. The molecule has 4 rings (SSSR count). The fraction of sp³-hybridized carbons (Fsp3) is 0.0833. The van der Waals surface area contributed by atoms with Crippen LogP contribution in [0.3, 0.4) is 0 Å². The molecule has 0 bridgehead atoms. The number of carbonyl (C=O) groups is 1. The van der Waals surface area contributed by atoms with Gasteiger partial charge in [-0.2, -0.15) is 0 Å². The lowest BCUT2D eigenvalue weighted by molar-refractivity contribution is 0.0981. The lowest BCUT2D eigenvalue weighted by Gasteiger charge is -2.38. The van der Waals surface area contributed by atoms with Gasteiger partial charge < -0.3 is 4.52 Å². The predicted octanol–water partition coefficient (Wildman–Crippen LogP) is 7.71. The quantitative estimate of drug-likeness (QED) is 0.235. The molecule has 0 unspecified atom stereocenters. The van der Waals surface area contributed by atoms with Crippen LogP contribution in [-0.4, -0.2) is 27.2 Å². The third-order valence-corrected chi connectivity index (χ3v) is 10.4. The lowest BCUT2D eigenvalue weighted by atomic mass is 10.1. The third kappa shape index (κ3) is 4.75. The van der Waals surface area contributed by atoms with Gasteiger partial charge in [-0.15, -0.1) is 0 Å². The summed E-state index contributed by atoms with van der Waals surface area (Å²) in [5.41, 5.74) is 0.936. The summed E-state index contributed by atoms with van der Waals surface area (Å²) in [6.45, 7) is 0. The number of rotatable bonds is 6. The molecule has 0 atom stereocenters. The molecule has 0 aliphatic heterocycles. The first-order chi connectivity index (χ1) is 15.6. The van der Waals surface area contributed by atoms with Crippen molar-refractivity contribution in [3.8, 4) is 11.3 Å². The fourth-order valence-corrected chi connectivity index (χ4v) is 7.33. The monoisotopic (exact) mass is 539 g/mol. The molecule has 0 amide bonds. The van der Waals surface area contributed by atoms with Crippen molar-refractivity contribution in [3.05, 3.63) is 98.6 Å². The molecule has 0 fully saturated rings. The molecule has 0 aliphatic carbocycles. The van der Waals surface area contributed by atoms with Gasteiger partial charge in [-0.05, 0) is 75.8 Å². The van der Waals surface area contributed by atoms with Crippen LogP contribution >= 0.6 is 46.4 Å². The second-order valence-electron chi connectivity index (χ2n) is 7.71. The van der Waals surface area contributed by atoms with Crippen molar-refractivity contribution in [3.63, 3.8) is 0 Å². The molecule has 4 nitrogen and oxygen atoms in total. The average molecular weight is 541 g/mol. The van der Waals surface area contributed by atoms with Gasteiger partial charge in [-0.3, -0.25) is 9.00 Å². The Labute approximate surface area is 210 Å². The first kappa shape index (κ1) is 24.0. The number of halogens is 4. The normalized spacial score (nSPS) is 12.8. The van der Waals surface area contributed by atoms with Crippen LogP contribution in [0.15, 0.2) is 87.1 Å². The Morgan fingerprint density at radius 2 is 1.33 bits per heavy atom. The summed E-state index contributed by atoms with van der Waals surface area (Å²) < 4.78 is 20.1. The van der Waals surface area contributed by atoms with Crippen LogP contribution in [0.2, 0.25) is 20.1 Å². The van der Waals surface area contributed by atoms with Crippen LogP contribution in [0.1, 0.15) is 10.6 Å². The molecule has 170 valence electrons. The van der Waals surface area contributed by atoms with E-state index in [4.69, 9.17) is 50.9 Å². The third-order valence-electron chi connectivity index (χ3n) is 5.33. The number of ketones is 1. The van der Waals surface area contributed by atoms with Gasteiger partial charge in [0.2, 0.25) is 11.5 Å². The van der Waals surface area contributed by atoms with E-state index in [-0.39, 0.29) is 11.5 Å². The molecular weight excluding hydrogens is 524 g/mol. The second kappa shape index (κ2) is 8.90.